The maximum absolute atomic E-state index is 12.4. The topological polar surface area (TPSA) is 46.3 Å². The molecule has 1 saturated carbocycles. The van der Waals surface area contributed by atoms with Gasteiger partial charge in [-0.3, -0.25) is 4.79 Å². The molecule has 0 aliphatic heterocycles. The third kappa shape index (κ3) is 5.80. The van der Waals surface area contributed by atoms with Gasteiger partial charge in [0.1, 0.15) is 6.54 Å². The summed E-state index contributed by atoms with van der Waals surface area (Å²) in [5.41, 5.74) is 5.94. The SMILES string of the molecule is CCCN(CC(F)(F)F)C(=O)CC1CCCCC1N. The fourth-order valence-corrected chi connectivity index (χ4v) is 2.62. The largest absolute Gasteiger partial charge is 0.406 e. The number of alkyl halides is 3. The summed E-state index contributed by atoms with van der Waals surface area (Å²) < 4.78 is 37.3. The van der Waals surface area contributed by atoms with Gasteiger partial charge in [0.15, 0.2) is 0 Å². The zero-order chi connectivity index (χ0) is 14.5. The summed E-state index contributed by atoms with van der Waals surface area (Å²) in [7, 11) is 0. The Labute approximate surface area is 112 Å². The molecule has 19 heavy (non-hydrogen) atoms. The number of carbonyl (C=O) groups is 1. The third-order valence-electron chi connectivity index (χ3n) is 3.62. The highest BCUT2D eigenvalue weighted by Crippen LogP contribution is 2.27. The molecule has 1 fully saturated rings. The van der Waals surface area contributed by atoms with Crippen molar-refractivity contribution in [1.29, 1.82) is 0 Å². The second-order valence-electron chi connectivity index (χ2n) is 5.34. The first-order chi connectivity index (χ1) is 8.83. The quantitative estimate of drug-likeness (QED) is 0.841. The maximum atomic E-state index is 12.4. The van der Waals surface area contributed by atoms with E-state index in [-0.39, 0.29) is 24.9 Å². The van der Waals surface area contributed by atoms with Crippen molar-refractivity contribution < 1.29 is 18.0 Å². The normalized spacial score (nSPS) is 24.3. The van der Waals surface area contributed by atoms with Crippen LogP contribution in [0.5, 0.6) is 0 Å². The smallest absolute Gasteiger partial charge is 0.334 e. The van der Waals surface area contributed by atoms with Crippen LogP contribution in [0.3, 0.4) is 0 Å². The van der Waals surface area contributed by atoms with Gasteiger partial charge in [0.25, 0.3) is 0 Å². The predicted molar refractivity (Wildman–Crippen MR) is 67.5 cm³/mol. The molecule has 6 heteroatoms. The molecule has 1 amide bonds. The van der Waals surface area contributed by atoms with Crippen LogP contribution in [0.1, 0.15) is 45.4 Å². The fraction of sp³-hybridized carbons (Fsp3) is 0.923. The summed E-state index contributed by atoms with van der Waals surface area (Å²) in [6, 6.07) is -0.0490. The zero-order valence-corrected chi connectivity index (χ0v) is 11.4. The molecule has 2 unspecified atom stereocenters. The lowest BCUT2D eigenvalue weighted by Crippen LogP contribution is -2.42. The van der Waals surface area contributed by atoms with Crippen LogP contribution in [0.15, 0.2) is 0 Å². The van der Waals surface area contributed by atoms with Crippen molar-refractivity contribution in [2.75, 3.05) is 13.1 Å². The maximum Gasteiger partial charge on any atom is 0.406 e. The van der Waals surface area contributed by atoms with Crippen LogP contribution < -0.4 is 5.73 Å². The Morgan fingerprint density at radius 2 is 1.95 bits per heavy atom. The Balaban J connectivity index is 2.55. The van der Waals surface area contributed by atoms with Gasteiger partial charge in [0, 0.05) is 19.0 Å². The van der Waals surface area contributed by atoms with Crippen molar-refractivity contribution in [2.45, 2.75) is 57.7 Å². The van der Waals surface area contributed by atoms with E-state index >= 15 is 0 Å². The van der Waals surface area contributed by atoms with Crippen molar-refractivity contribution in [1.82, 2.24) is 4.90 Å². The van der Waals surface area contributed by atoms with Crippen LogP contribution in [-0.2, 0) is 4.79 Å². The molecule has 0 aromatic rings. The number of hydrogen-bond donors (Lipinski definition) is 1. The Hall–Kier alpha value is -0.780. The van der Waals surface area contributed by atoms with Crippen LogP contribution in [-0.4, -0.2) is 36.1 Å². The van der Waals surface area contributed by atoms with E-state index in [2.05, 4.69) is 0 Å². The number of halogens is 3. The van der Waals surface area contributed by atoms with Crippen molar-refractivity contribution in [3.63, 3.8) is 0 Å². The summed E-state index contributed by atoms with van der Waals surface area (Å²) in [5, 5.41) is 0. The van der Waals surface area contributed by atoms with E-state index in [0.29, 0.717) is 6.42 Å². The number of amides is 1. The minimum Gasteiger partial charge on any atom is -0.334 e. The van der Waals surface area contributed by atoms with Crippen molar-refractivity contribution >= 4 is 5.91 Å². The van der Waals surface area contributed by atoms with Gasteiger partial charge in [-0.2, -0.15) is 13.2 Å². The standard InChI is InChI=1S/C13H23F3N2O/c1-2-7-18(9-13(14,15)16)12(19)8-10-5-3-4-6-11(10)17/h10-11H,2-9,17H2,1H3. The molecule has 112 valence electrons. The number of nitrogens with zero attached hydrogens (tertiary/aromatic N) is 1. The van der Waals surface area contributed by atoms with Crippen LogP contribution in [0.4, 0.5) is 13.2 Å². The van der Waals surface area contributed by atoms with Gasteiger partial charge in [-0.1, -0.05) is 19.8 Å². The summed E-state index contributed by atoms with van der Waals surface area (Å²) in [5.74, 6) is -0.379. The average Bonchev–Trinajstić information content (AvgIpc) is 2.30. The van der Waals surface area contributed by atoms with E-state index in [0.717, 1.165) is 30.6 Å². The number of carbonyl (C=O) groups excluding carboxylic acids is 1. The van der Waals surface area contributed by atoms with Crippen molar-refractivity contribution in [3.05, 3.63) is 0 Å². The van der Waals surface area contributed by atoms with Crippen LogP contribution in [0.2, 0.25) is 0 Å². The molecule has 0 bridgehead atoms. The monoisotopic (exact) mass is 280 g/mol. The molecule has 0 aromatic heterocycles. The van der Waals surface area contributed by atoms with E-state index in [9.17, 15) is 18.0 Å². The van der Waals surface area contributed by atoms with Gasteiger partial charge in [-0.25, -0.2) is 0 Å². The van der Waals surface area contributed by atoms with E-state index in [1.54, 1.807) is 6.92 Å². The lowest BCUT2D eigenvalue weighted by Gasteiger charge is -2.31. The Bertz CT molecular complexity index is 294. The second-order valence-corrected chi connectivity index (χ2v) is 5.34. The van der Waals surface area contributed by atoms with Gasteiger partial charge < -0.3 is 10.6 Å². The van der Waals surface area contributed by atoms with Gasteiger partial charge in [0.05, 0.1) is 0 Å². The van der Waals surface area contributed by atoms with Crippen LogP contribution in [0, 0.1) is 5.92 Å². The molecule has 1 rings (SSSR count). The molecular weight excluding hydrogens is 257 g/mol. The molecule has 0 heterocycles. The molecule has 3 nitrogen and oxygen atoms in total. The molecular formula is C13H23F3N2O. The van der Waals surface area contributed by atoms with E-state index < -0.39 is 18.6 Å². The fourth-order valence-electron chi connectivity index (χ4n) is 2.62. The van der Waals surface area contributed by atoms with Gasteiger partial charge in [-0.15, -0.1) is 0 Å². The van der Waals surface area contributed by atoms with Gasteiger partial charge in [-0.05, 0) is 25.2 Å². The minimum atomic E-state index is -4.33. The highest BCUT2D eigenvalue weighted by atomic mass is 19.4. The highest BCUT2D eigenvalue weighted by Gasteiger charge is 2.34. The summed E-state index contributed by atoms with van der Waals surface area (Å²) in [6.45, 7) is 0.769. The summed E-state index contributed by atoms with van der Waals surface area (Å²) in [6.07, 6.45) is 0.116. The van der Waals surface area contributed by atoms with Crippen LogP contribution >= 0.6 is 0 Å². The van der Waals surface area contributed by atoms with Crippen molar-refractivity contribution in [3.8, 4) is 0 Å². The van der Waals surface area contributed by atoms with Crippen molar-refractivity contribution in [2.24, 2.45) is 11.7 Å². The molecule has 1 aliphatic rings. The molecule has 0 aromatic carbocycles. The number of hydrogen-bond acceptors (Lipinski definition) is 2. The first-order valence-electron chi connectivity index (χ1n) is 6.93. The van der Waals surface area contributed by atoms with E-state index in [4.69, 9.17) is 5.73 Å². The zero-order valence-electron chi connectivity index (χ0n) is 11.4. The summed E-state index contributed by atoms with van der Waals surface area (Å²) >= 11 is 0. The molecule has 0 radical (unpaired) electrons. The summed E-state index contributed by atoms with van der Waals surface area (Å²) in [4.78, 5) is 12.9. The Morgan fingerprint density at radius 3 is 2.47 bits per heavy atom. The van der Waals surface area contributed by atoms with Gasteiger partial charge >= 0.3 is 6.18 Å². The van der Waals surface area contributed by atoms with Gasteiger partial charge in [0.2, 0.25) is 5.91 Å². The molecule has 0 saturated heterocycles. The molecule has 2 atom stereocenters. The molecule has 0 spiro atoms. The lowest BCUT2D eigenvalue weighted by molar-refractivity contribution is -0.162. The average molecular weight is 280 g/mol. The predicted octanol–water partition coefficient (Wildman–Crippen LogP) is 2.69. The number of nitrogens with two attached hydrogens (primary N) is 1. The Kier molecular flexibility index (Phi) is 6.10. The second kappa shape index (κ2) is 7.12. The first-order valence-corrected chi connectivity index (χ1v) is 6.93. The highest BCUT2D eigenvalue weighted by molar-refractivity contribution is 5.76. The molecule has 1 aliphatic carbocycles. The van der Waals surface area contributed by atoms with Crippen LogP contribution in [0.25, 0.3) is 0 Å². The number of rotatable bonds is 5. The lowest BCUT2D eigenvalue weighted by atomic mass is 9.82. The van der Waals surface area contributed by atoms with E-state index in [1.807, 2.05) is 0 Å². The first kappa shape index (κ1) is 16.3. The molecule has 2 N–H and O–H groups in total. The van der Waals surface area contributed by atoms with E-state index in [1.165, 1.54) is 0 Å². The third-order valence-corrected chi connectivity index (χ3v) is 3.62. The minimum absolute atomic E-state index is 0.0360. The Morgan fingerprint density at radius 1 is 1.32 bits per heavy atom.